The average molecular weight is 122 g/mol. The summed E-state index contributed by atoms with van der Waals surface area (Å²) >= 11 is 0. The van der Waals surface area contributed by atoms with Crippen molar-refractivity contribution in [2.24, 2.45) is 5.41 Å². The minimum absolute atomic E-state index is 0.453. The number of allylic oxidation sites excluding steroid dienone is 4. The van der Waals surface area contributed by atoms with Crippen molar-refractivity contribution < 1.29 is 0 Å². The standard InChI is InChI=1S/C9H14/c1-3-9(2)7-5-4-6-8-9/h4-7H,3,8H2,1-2H3. The zero-order valence-corrected chi connectivity index (χ0v) is 6.22. The van der Waals surface area contributed by atoms with Gasteiger partial charge in [0, 0.05) is 0 Å². The largest absolute Gasteiger partial charge is 0.0837 e. The van der Waals surface area contributed by atoms with Gasteiger partial charge < -0.3 is 0 Å². The molecule has 0 radical (unpaired) electrons. The van der Waals surface area contributed by atoms with Crippen molar-refractivity contribution in [2.45, 2.75) is 26.7 Å². The lowest BCUT2D eigenvalue weighted by Gasteiger charge is -2.23. The van der Waals surface area contributed by atoms with Gasteiger partial charge in [-0.05, 0) is 18.3 Å². The maximum atomic E-state index is 2.30. The summed E-state index contributed by atoms with van der Waals surface area (Å²) in [4.78, 5) is 0. The van der Waals surface area contributed by atoms with Gasteiger partial charge in [-0.1, -0.05) is 38.2 Å². The molecule has 0 bridgehead atoms. The van der Waals surface area contributed by atoms with E-state index in [1.165, 1.54) is 12.8 Å². The molecule has 0 amide bonds. The number of hydrogen-bond donors (Lipinski definition) is 0. The molecule has 1 atom stereocenters. The second-order valence-corrected chi connectivity index (χ2v) is 3.00. The maximum absolute atomic E-state index is 2.30. The van der Waals surface area contributed by atoms with Gasteiger partial charge in [0.1, 0.15) is 0 Å². The van der Waals surface area contributed by atoms with Crippen LogP contribution in [0.5, 0.6) is 0 Å². The van der Waals surface area contributed by atoms with E-state index in [1.54, 1.807) is 0 Å². The van der Waals surface area contributed by atoms with Gasteiger partial charge in [-0.25, -0.2) is 0 Å². The van der Waals surface area contributed by atoms with Gasteiger partial charge in [0.15, 0.2) is 0 Å². The topological polar surface area (TPSA) is 0 Å². The van der Waals surface area contributed by atoms with E-state index in [9.17, 15) is 0 Å². The second kappa shape index (κ2) is 2.38. The first-order valence-corrected chi connectivity index (χ1v) is 3.61. The van der Waals surface area contributed by atoms with Crippen molar-refractivity contribution >= 4 is 0 Å². The zero-order chi connectivity index (χ0) is 6.74. The van der Waals surface area contributed by atoms with E-state index < -0.39 is 0 Å². The molecular formula is C9H14. The molecule has 0 nitrogen and oxygen atoms in total. The van der Waals surface area contributed by atoms with E-state index in [0.717, 1.165) is 0 Å². The van der Waals surface area contributed by atoms with Crippen molar-refractivity contribution in [3.63, 3.8) is 0 Å². The van der Waals surface area contributed by atoms with Crippen molar-refractivity contribution in [2.75, 3.05) is 0 Å². The molecule has 50 valence electrons. The number of hydrogen-bond acceptors (Lipinski definition) is 0. The molecule has 1 aliphatic carbocycles. The minimum Gasteiger partial charge on any atom is -0.0837 e. The highest BCUT2D eigenvalue weighted by Crippen LogP contribution is 2.29. The Hall–Kier alpha value is -0.520. The third kappa shape index (κ3) is 1.44. The van der Waals surface area contributed by atoms with Gasteiger partial charge in [-0.3, -0.25) is 0 Å². The van der Waals surface area contributed by atoms with Crippen LogP contribution in [0.15, 0.2) is 24.3 Å². The van der Waals surface area contributed by atoms with Crippen molar-refractivity contribution in [1.82, 2.24) is 0 Å². The Labute approximate surface area is 57.3 Å². The Kier molecular flexibility index (Phi) is 1.75. The van der Waals surface area contributed by atoms with Crippen molar-refractivity contribution in [1.29, 1.82) is 0 Å². The molecule has 0 heteroatoms. The molecule has 9 heavy (non-hydrogen) atoms. The minimum atomic E-state index is 0.453. The van der Waals surface area contributed by atoms with E-state index in [0.29, 0.717) is 5.41 Å². The summed E-state index contributed by atoms with van der Waals surface area (Å²) in [6.07, 6.45) is 11.3. The summed E-state index contributed by atoms with van der Waals surface area (Å²) in [7, 11) is 0. The van der Waals surface area contributed by atoms with Crippen LogP contribution in [0.2, 0.25) is 0 Å². The third-order valence-corrected chi connectivity index (χ3v) is 2.14. The Bertz CT molecular complexity index is 142. The molecule has 0 spiro atoms. The molecule has 1 rings (SSSR count). The quantitative estimate of drug-likeness (QED) is 0.501. The van der Waals surface area contributed by atoms with Crippen LogP contribution in [0.25, 0.3) is 0 Å². The summed E-state index contributed by atoms with van der Waals surface area (Å²) in [5.41, 5.74) is 0.453. The molecule has 0 saturated heterocycles. The summed E-state index contributed by atoms with van der Waals surface area (Å²) in [6.45, 7) is 4.54. The fourth-order valence-electron chi connectivity index (χ4n) is 1.03. The molecule has 0 aromatic carbocycles. The zero-order valence-electron chi connectivity index (χ0n) is 6.22. The lowest BCUT2D eigenvalue weighted by molar-refractivity contribution is 0.413. The van der Waals surface area contributed by atoms with Gasteiger partial charge >= 0.3 is 0 Å². The van der Waals surface area contributed by atoms with Crippen molar-refractivity contribution in [3.05, 3.63) is 24.3 Å². The molecule has 1 unspecified atom stereocenters. The molecule has 0 N–H and O–H groups in total. The predicted molar refractivity (Wildman–Crippen MR) is 41.3 cm³/mol. The Morgan fingerprint density at radius 1 is 1.44 bits per heavy atom. The third-order valence-electron chi connectivity index (χ3n) is 2.14. The average Bonchev–Trinajstić information content (AvgIpc) is 1.90. The van der Waals surface area contributed by atoms with Crippen LogP contribution in [0.4, 0.5) is 0 Å². The fraction of sp³-hybridized carbons (Fsp3) is 0.556. The van der Waals surface area contributed by atoms with Crippen LogP contribution in [0.1, 0.15) is 26.7 Å². The SMILES string of the molecule is CCC1(C)C=CC=CC1. The summed E-state index contributed by atoms with van der Waals surface area (Å²) in [6, 6.07) is 0. The van der Waals surface area contributed by atoms with E-state index in [4.69, 9.17) is 0 Å². The van der Waals surface area contributed by atoms with Gasteiger partial charge in [0.2, 0.25) is 0 Å². The van der Waals surface area contributed by atoms with E-state index in [-0.39, 0.29) is 0 Å². The lowest BCUT2D eigenvalue weighted by atomic mass is 9.82. The van der Waals surface area contributed by atoms with Crippen molar-refractivity contribution in [3.8, 4) is 0 Å². The van der Waals surface area contributed by atoms with Gasteiger partial charge in [-0.15, -0.1) is 0 Å². The predicted octanol–water partition coefficient (Wildman–Crippen LogP) is 2.92. The van der Waals surface area contributed by atoms with E-state index >= 15 is 0 Å². The first kappa shape index (κ1) is 6.60. The van der Waals surface area contributed by atoms with Crippen LogP contribution < -0.4 is 0 Å². The second-order valence-electron chi connectivity index (χ2n) is 3.00. The van der Waals surface area contributed by atoms with Gasteiger partial charge in [0.25, 0.3) is 0 Å². The van der Waals surface area contributed by atoms with Gasteiger partial charge in [-0.2, -0.15) is 0 Å². The highest BCUT2D eigenvalue weighted by molar-refractivity contribution is 5.14. The van der Waals surface area contributed by atoms with Crippen LogP contribution >= 0.6 is 0 Å². The first-order valence-electron chi connectivity index (χ1n) is 3.61. The summed E-state index contributed by atoms with van der Waals surface area (Å²) < 4.78 is 0. The normalized spacial score (nSPS) is 33.1. The molecule has 1 aliphatic rings. The number of rotatable bonds is 1. The molecule has 0 heterocycles. The molecule has 0 aromatic rings. The Morgan fingerprint density at radius 2 is 2.22 bits per heavy atom. The summed E-state index contributed by atoms with van der Waals surface area (Å²) in [5, 5.41) is 0. The van der Waals surface area contributed by atoms with Gasteiger partial charge in [0.05, 0.1) is 0 Å². The van der Waals surface area contributed by atoms with E-state index in [1.807, 2.05) is 0 Å². The molecule has 0 aromatic heterocycles. The smallest absolute Gasteiger partial charge is 0.0111 e. The molecule has 0 saturated carbocycles. The first-order chi connectivity index (χ1) is 4.27. The highest BCUT2D eigenvalue weighted by Gasteiger charge is 2.16. The Balaban J connectivity index is 2.63. The van der Waals surface area contributed by atoms with Crippen LogP contribution in [-0.4, -0.2) is 0 Å². The van der Waals surface area contributed by atoms with Crippen LogP contribution in [0, 0.1) is 5.41 Å². The molecule has 0 fully saturated rings. The monoisotopic (exact) mass is 122 g/mol. The maximum Gasteiger partial charge on any atom is -0.0111 e. The van der Waals surface area contributed by atoms with Crippen LogP contribution in [-0.2, 0) is 0 Å². The fourth-order valence-corrected chi connectivity index (χ4v) is 1.03. The highest BCUT2D eigenvalue weighted by atomic mass is 14.2. The molecular weight excluding hydrogens is 108 g/mol. The lowest BCUT2D eigenvalue weighted by Crippen LogP contribution is -2.11. The Morgan fingerprint density at radius 3 is 2.56 bits per heavy atom. The van der Waals surface area contributed by atoms with Crippen LogP contribution in [0.3, 0.4) is 0 Å². The van der Waals surface area contributed by atoms with E-state index in [2.05, 4.69) is 38.2 Å². The summed E-state index contributed by atoms with van der Waals surface area (Å²) in [5.74, 6) is 0. The molecule has 0 aliphatic heterocycles.